The SMILES string of the molecule is Cc1cccc2c1nc(CCl)n2C1CCC(=O)N(C)C1=O. The number of piperidine rings is 1. The van der Waals surface area contributed by atoms with Crippen molar-refractivity contribution < 1.29 is 9.59 Å². The van der Waals surface area contributed by atoms with Crippen molar-refractivity contribution in [2.45, 2.75) is 31.7 Å². The molecule has 2 aromatic rings. The lowest BCUT2D eigenvalue weighted by Gasteiger charge is -2.29. The number of imidazole rings is 1. The predicted octanol–water partition coefficient (Wildman–Crippen LogP) is 2.40. The van der Waals surface area contributed by atoms with Crippen LogP contribution in [0.3, 0.4) is 0 Å². The van der Waals surface area contributed by atoms with Crippen LogP contribution >= 0.6 is 11.6 Å². The van der Waals surface area contributed by atoms with Gasteiger partial charge in [0.15, 0.2) is 0 Å². The molecule has 1 atom stereocenters. The van der Waals surface area contributed by atoms with Gasteiger partial charge in [0.2, 0.25) is 5.91 Å². The molecular formula is C15H16ClN3O2. The fourth-order valence-corrected chi connectivity index (χ4v) is 3.07. The maximum absolute atomic E-state index is 12.4. The second-order valence-electron chi connectivity index (χ2n) is 5.32. The molecule has 0 saturated carbocycles. The number of likely N-dealkylation sites (N-methyl/N-ethyl adjacent to an activating group) is 1. The molecule has 110 valence electrons. The average Bonchev–Trinajstić information content (AvgIpc) is 2.85. The van der Waals surface area contributed by atoms with Gasteiger partial charge < -0.3 is 4.57 Å². The van der Waals surface area contributed by atoms with Gasteiger partial charge in [-0.25, -0.2) is 4.98 Å². The number of imide groups is 1. The molecule has 3 rings (SSSR count). The third-order valence-electron chi connectivity index (χ3n) is 4.05. The molecule has 21 heavy (non-hydrogen) atoms. The summed E-state index contributed by atoms with van der Waals surface area (Å²) >= 11 is 6.01. The van der Waals surface area contributed by atoms with Gasteiger partial charge in [-0.3, -0.25) is 14.5 Å². The summed E-state index contributed by atoms with van der Waals surface area (Å²) in [5.41, 5.74) is 2.80. The van der Waals surface area contributed by atoms with Crippen LogP contribution < -0.4 is 0 Å². The molecule has 1 unspecified atom stereocenters. The lowest BCUT2D eigenvalue weighted by molar-refractivity contribution is -0.149. The largest absolute Gasteiger partial charge is 0.314 e. The van der Waals surface area contributed by atoms with Gasteiger partial charge in [-0.2, -0.15) is 0 Å². The van der Waals surface area contributed by atoms with Crippen molar-refractivity contribution in [3.63, 3.8) is 0 Å². The Kier molecular flexibility index (Phi) is 3.45. The number of rotatable bonds is 2. The summed E-state index contributed by atoms with van der Waals surface area (Å²) in [7, 11) is 1.53. The first kappa shape index (κ1) is 14.1. The highest BCUT2D eigenvalue weighted by Crippen LogP contribution is 2.30. The van der Waals surface area contributed by atoms with Gasteiger partial charge in [0.05, 0.1) is 16.9 Å². The van der Waals surface area contributed by atoms with Crippen LogP contribution in [0.5, 0.6) is 0 Å². The molecule has 1 fully saturated rings. The first-order valence-electron chi connectivity index (χ1n) is 6.87. The average molecular weight is 306 g/mol. The van der Waals surface area contributed by atoms with E-state index in [1.54, 1.807) is 0 Å². The van der Waals surface area contributed by atoms with E-state index in [0.29, 0.717) is 18.7 Å². The Morgan fingerprint density at radius 2 is 2.14 bits per heavy atom. The van der Waals surface area contributed by atoms with Gasteiger partial charge in [0.1, 0.15) is 11.9 Å². The second kappa shape index (κ2) is 5.15. The number of aromatic nitrogens is 2. The van der Waals surface area contributed by atoms with E-state index in [0.717, 1.165) is 16.6 Å². The number of halogens is 1. The topological polar surface area (TPSA) is 55.2 Å². The van der Waals surface area contributed by atoms with Crippen molar-refractivity contribution >= 4 is 34.4 Å². The van der Waals surface area contributed by atoms with Crippen molar-refractivity contribution in [3.8, 4) is 0 Å². The van der Waals surface area contributed by atoms with Crippen molar-refractivity contribution in [1.82, 2.24) is 14.5 Å². The molecule has 1 aromatic heterocycles. The number of likely N-dealkylation sites (tertiary alicyclic amines) is 1. The number of aryl methyl sites for hydroxylation is 1. The lowest BCUT2D eigenvalue weighted by atomic mass is 10.0. The zero-order chi connectivity index (χ0) is 15.1. The van der Waals surface area contributed by atoms with Gasteiger partial charge in [0.25, 0.3) is 5.91 Å². The smallest absolute Gasteiger partial charge is 0.252 e. The number of alkyl halides is 1. The minimum Gasteiger partial charge on any atom is -0.314 e. The van der Waals surface area contributed by atoms with E-state index in [-0.39, 0.29) is 17.7 Å². The molecule has 0 aliphatic carbocycles. The van der Waals surface area contributed by atoms with Gasteiger partial charge in [-0.05, 0) is 25.0 Å². The van der Waals surface area contributed by atoms with Crippen LogP contribution in [0, 0.1) is 6.92 Å². The van der Waals surface area contributed by atoms with E-state index in [1.807, 2.05) is 29.7 Å². The molecule has 1 aliphatic rings. The molecule has 1 aliphatic heterocycles. The number of para-hydroxylation sites is 1. The van der Waals surface area contributed by atoms with Crippen LogP contribution in [0.15, 0.2) is 18.2 Å². The second-order valence-corrected chi connectivity index (χ2v) is 5.59. The molecule has 0 radical (unpaired) electrons. The normalized spacial score (nSPS) is 19.6. The lowest BCUT2D eigenvalue weighted by Crippen LogP contribution is -2.43. The van der Waals surface area contributed by atoms with Crippen LogP contribution in [0.4, 0.5) is 0 Å². The van der Waals surface area contributed by atoms with Gasteiger partial charge in [-0.15, -0.1) is 11.6 Å². The Bertz CT molecular complexity index is 738. The third kappa shape index (κ3) is 2.12. The van der Waals surface area contributed by atoms with E-state index >= 15 is 0 Å². The summed E-state index contributed by atoms with van der Waals surface area (Å²) in [4.78, 5) is 29.9. The number of hydrogen-bond acceptors (Lipinski definition) is 3. The first-order chi connectivity index (χ1) is 10.0. The summed E-state index contributed by atoms with van der Waals surface area (Å²) in [6.07, 6.45) is 0.853. The standard InChI is InChI=1S/C15H16ClN3O2/c1-9-4-3-5-10-14(9)17-12(8-16)19(10)11-6-7-13(20)18(2)15(11)21/h3-5,11H,6-8H2,1-2H3. The van der Waals surface area contributed by atoms with Gasteiger partial charge in [0, 0.05) is 13.5 Å². The van der Waals surface area contributed by atoms with Crippen LogP contribution in [0.1, 0.15) is 30.3 Å². The van der Waals surface area contributed by atoms with Gasteiger partial charge in [-0.1, -0.05) is 12.1 Å². The molecule has 1 saturated heterocycles. The summed E-state index contributed by atoms with van der Waals surface area (Å²) in [5, 5.41) is 0. The van der Waals surface area contributed by atoms with E-state index in [9.17, 15) is 9.59 Å². The Labute approximate surface area is 127 Å². The number of carbonyl (C=O) groups is 2. The van der Waals surface area contributed by atoms with Crippen LogP contribution in [-0.2, 0) is 15.5 Å². The molecule has 0 bridgehead atoms. The van der Waals surface area contributed by atoms with E-state index in [2.05, 4.69) is 4.98 Å². The number of amides is 2. The summed E-state index contributed by atoms with van der Waals surface area (Å²) in [5.74, 6) is 0.569. The van der Waals surface area contributed by atoms with Gasteiger partial charge >= 0.3 is 0 Å². The highest BCUT2D eigenvalue weighted by Gasteiger charge is 2.35. The fourth-order valence-electron chi connectivity index (χ4n) is 2.88. The molecule has 2 amide bonds. The quantitative estimate of drug-likeness (QED) is 0.632. The maximum atomic E-state index is 12.4. The predicted molar refractivity (Wildman–Crippen MR) is 80.1 cm³/mol. The molecule has 0 spiro atoms. The number of hydrogen-bond donors (Lipinski definition) is 0. The van der Waals surface area contributed by atoms with Crippen molar-refractivity contribution in [2.75, 3.05) is 7.05 Å². The minimum atomic E-state index is -0.409. The molecular weight excluding hydrogens is 290 g/mol. The molecule has 2 heterocycles. The Morgan fingerprint density at radius 3 is 2.86 bits per heavy atom. The zero-order valence-electron chi connectivity index (χ0n) is 12.0. The summed E-state index contributed by atoms with van der Waals surface area (Å²) < 4.78 is 1.89. The monoisotopic (exact) mass is 305 g/mol. The number of carbonyl (C=O) groups excluding carboxylic acids is 2. The molecule has 6 heteroatoms. The Balaban J connectivity index is 2.18. The summed E-state index contributed by atoms with van der Waals surface area (Å²) in [6, 6.07) is 5.45. The van der Waals surface area contributed by atoms with Crippen molar-refractivity contribution in [1.29, 1.82) is 0 Å². The third-order valence-corrected chi connectivity index (χ3v) is 4.29. The number of benzene rings is 1. The van der Waals surface area contributed by atoms with E-state index in [4.69, 9.17) is 11.6 Å². The Morgan fingerprint density at radius 1 is 1.38 bits per heavy atom. The first-order valence-corrected chi connectivity index (χ1v) is 7.41. The van der Waals surface area contributed by atoms with Crippen LogP contribution in [0.25, 0.3) is 11.0 Å². The van der Waals surface area contributed by atoms with Crippen LogP contribution in [-0.4, -0.2) is 33.3 Å². The molecule has 5 nitrogen and oxygen atoms in total. The highest BCUT2D eigenvalue weighted by atomic mass is 35.5. The summed E-state index contributed by atoms with van der Waals surface area (Å²) in [6.45, 7) is 1.98. The van der Waals surface area contributed by atoms with Crippen LogP contribution in [0.2, 0.25) is 0 Å². The molecule has 0 N–H and O–H groups in total. The number of nitrogens with zero attached hydrogens (tertiary/aromatic N) is 3. The van der Waals surface area contributed by atoms with E-state index < -0.39 is 6.04 Å². The van der Waals surface area contributed by atoms with E-state index in [1.165, 1.54) is 11.9 Å². The zero-order valence-corrected chi connectivity index (χ0v) is 12.7. The number of fused-ring (bicyclic) bond motifs is 1. The molecule has 1 aromatic carbocycles. The van der Waals surface area contributed by atoms with Crippen molar-refractivity contribution in [2.24, 2.45) is 0 Å². The fraction of sp³-hybridized carbons (Fsp3) is 0.400. The Hall–Kier alpha value is -1.88. The highest BCUT2D eigenvalue weighted by molar-refractivity contribution is 6.17. The minimum absolute atomic E-state index is 0.135. The maximum Gasteiger partial charge on any atom is 0.252 e. The van der Waals surface area contributed by atoms with Crippen molar-refractivity contribution in [3.05, 3.63) is 29.6 Å².